The summed E-state index contributed by atoms with van der Waals surface area (Å²) < 4.78 is 0. The van der Waals surface area contributed by atoms with Gasteiger partial charge in [-0.3, -0.25) is 4.98 Å². The number of anilines is 1. The Hall–Kier alpha value is -1.78. The summed E-state index contributed by atoms with van der Waals surface area (Å²) >= 11 is 0. The number of amidine groups is 1. The van der Waals surface area contributed by atoms with Crippen molar-refractivity contribution in [3.63, 3.8) is 0 Å². The van der Waals surface area contributed by atoms with Gasteiger partial charge in [0.25, 0.3) is 0 Å². The zero-order chi connectivity index (χ0) is 15.5. The van der Waals surface area contributed by atoms with E-state index in [0.29, 0.717) is 11.1 Å². The summed E-state index contributed by atoms with van der Waals surface area (Å²) in [6, 6.07) is 3.89. The van der Waals surface area contributed by atoms with Crippen LogP contribution >= 0.6 is 0 Å². The lowest BCUT2D eigenvalue weighted by molar-refractivity contribution is 0.220. The number of oxime groups is 1. The van der Waals surface area contributed by atoms with E-state index in [4.69, 9.17) is 10.9 Å². The third kappa shape index (κ3) is 3.86. The van der Waals surface area contributed by atoms with E-state index in [2.05, 4.69) is 35.8 Å². The predicted octanol–water partition coefficient (Wildman–Crippen LogP) is 2.83. The fraction of sp³-hybridized carbons (Fsp3) is 0.625. The van der Waals surface area contributed by atoms with Crippen molar-refractivity contribution in [2.45, 2.75) is 40.0 Å². The maximum atomic E-state index is 8.77. The normalized spacial score (nSPS) is 21.2. The highest BCUT2D eigenvalue weighted by atomic mass is 16.4. The van der Waals surface area contributed by atoms with Crippen LogP contribution in [-0.2, 0) is 0 Å². The summed E-state index contributed by atoms with van der Waals surface area (Å²) in [6.07, 6.45) is 5.39. The quantitative estimate of drug-likeness (QED) is 0.380. The number of pyridine rings is 1. The second kappa shape index (κ2) is 6.33. The first-order chi connectivity index (χ1) is 9.91. The van der Waals surface area contributed by atoms with Crippen molar-refractivity contribution < 1.29 is 5.21 Å². The van der Waals surface area contributed by atoms with Crippen molar-refractivity contribution in [1.82, 2.24) is 4.98 Å². The van der Waals surface area contributed by atoms with Crippen LogP contribution in [0, 0.1) is 11.3 Å². The molecule has 0 aromatic carbocycles. The summed E-state index contributed by atoms with van der Waals surface area (Å²) in [5, 5.41) is 11.8. The van der Waals surface area contributed by atoms with Crippen LogP contribution in [0.3, 0.4) is 0 Å². The van der Waals surface area contributed by atoms with E-state index in [-0.39, 0.29) is 5.84 Å². The van der Waals surface area contributed by atoms with E-state index in [0.717, 1.165) is 24.7 Å². The SMILES string of the molecule is CC(C)(C)C1CCCN(c2ccnc(C(N)=NO)c2)CC1. The van der Waals surface area contributed by atoms with Crippen LogP contribution in [0.4, 0.5) is 5.69 Å². The molecule has 2 rings (SSSR count). The van der Waals surface area contributed by atoms with Gasteiger partial charge in [-0.1, -0.05) is 25.9 Å². The average Bonchev–Trinajstić information content (AvgIpc) is 2.72. The minimum Gasteiger partial charge on any atom is -0.409 e. The third-order valence-electron chi connectivity index (χ3n) is 4.43. The molecule has 0 saturated carbocycles. The molecule has 1 fully saturated rings. The van der Waals surface area contributed by atoms with Gasteiger partial charge >= 0.3 is 0 Å². The topological polar surface area (TPSA) is 74.7 Å². The van der Waals surface area contributed by atoms with Gasteiger partial charge < -0.3 is 15.8 Å². The molecule has 0 bridgehead atoms. The number of hydrogen-bond acceptors (Lipinski definition) is 4. The first-order valence-electron chi connectivity index (χ1n) is 7.60. The Bertz CT molecular complexity index is 507. The van der Waals surface area contributed by atoms with Gasteiger partial charge in [0.05, 0.1) is 0 Å². The summed E-state index contributed by atoms with van der Waals surface area (Å²) in [6.45, 7) is 9.08. The zero-order valence-electron chi connectivity index (χ0n) is 13.2. The van der Waals surface area contributed by atoms with Crippen LogP contribution in [0.15, 0.2) is 23.5 Å². The van der Waals surface area contributed by atoms with E-state index < -0.39 is 0 Å². The molecule has 5 heteroatoms. The van der Waals surface area contributed by atoms with Crippen molar-refractivity contribution in [3.8, 4) is 0 Å². The van der Waals surface area contributed by atoms with Gasteiger partial charge in [0, 0.05) is 25.0 Å². The molecule has 1 aliphatic heterocycles. The molecule has 0 amide bonds. The van der Waals surface area contributed by atoms with Gasteiger partial charge in [0.2, 0.25) is 0 Å². The van der Waals surface area contributed by atoms with Gasteiger partial charge in [-0.05, 0) is 42.7 Å². The maximum absolute atomic E-state index is 8.77. The number of nitrogens with two attached hydrogens (primary N) is 1. The summed E-state index contributed by atoms with van der Waals surface area (Å²) in [5.74, 6) is 0.812. The Morgan fingerprint density at radius 3 is 2.81 bits per heavy atom. The molecule has 3 N–H and O–H groups in total. The Morgan fingerprint density at radius 2 is 2.14 bits per heavy atom. The molecule has 1 atom stereocenters. The number of hydrogen-bond donors (Lipinski definition) is 2. The van der Waals surface area contributed by atoms with Gasteiger partial charge in [-0.25, -0.2) is 0 Å². The number of rotatable bonds is 2. The molecular formula is C16H26N4O. The Kier molecular flexibility index (Phi) is 4.70. The Balaban J connectivity index is 2.12. The fourth-order valence-electron chi connectivity index (χ4n) is 3.03. The molecule has 1 aliphatic rings. The molecule has 0 aliphatic carbocycles. The van der Waals surface area contributed by atoms with Gasteiger partial charge in [0.1, 0.15) is 5.69 Å². The zero-order valence-corrected chi connectivity index (χ0v) is 13.2. The molecule has 21 heavy (non-hydrogen) atoms. The maximum Gasteiger partial charge on any atom is 0.188 e. The molecule has 0 radical (unpaired) electrons. The first kappa shape index (κ1) is 15.6. The van der Waals surface area contributed by atoms with E-state index >= 15 is 0 Å². The van der Waals surface area contributed by atoms with Crippen LogP contribution in [0.2, 0.25) is 0 Å². The number of aromatic nitrogens is 1. The second-order valence-corrected chi connectivity index (χ2v) is 6.87. The lowest BCUT2D eigenvalue weighted by atomic mass is 9.77. The highest BCUT2D eigenvalue weighted by Gasteiger charge is 2.27. The summed E-state index contributed by atoms with van der Waals surface area (Å²) in [7, 11) is 0. The number of nitrogens with zero attached hydrogens (tertiary/aromatic N) is 3. The second-order valence-electron chi connectivity index (χ2n) is 6.87. The average molecular weight is 290 g/mol. The van der Waals surface area contributed by atoms with Crippen LogP contribution < -0.4 is 10.6 Å². The first-order valence-corrected chi connectivity index (χ1v) is 7.60. The molecule has 1 unspecified atom stereocenters. The van der Waals surface area contributed by atoms with Crippen molar-refractivity contribution in [3.05, 3.63) is 24.0 Å². The fourth-order valence-corrected chi connectivity index (χ4v) is 3.03. The van der Waals surface area contributed by atoms with Crippen LogP contribution in [-0.4, -0.2) is 29.1 Å². The third-order valence-corrected chi connectivity index (χ3v) is 4.43. The van der Waals surface area contributed by atoms with E-state index in [1.54, 1.807) is 6.20 Å². The summed E-state index contributed by atoms with van der Waals surface area (Å²) in [4.78, 5) is 6.52. The van der Waals surface area contributed by atoms with Crippen molar-refractivity contribution >= 4 is 11.5 Å². The lowest BCUT2D eigenvalue weighted by Gasteiger charge is -2.30. The monoisotopic (exact) mass is 290 g/mol. The minimum atomic E-state index is 0.0549. The molecule has 116 valence electrons. The highest BCUT2D eigenvalue weighted by molar-refractivity contribution is 5.95. The van der Waals surface area contributed by atoms with E-state index in [9.17, 15) is 0 Å². The summed E-state index contributed by atoms with van der Waals surface area (Å²) in [5.41, 5.74) is 7.61. The highest BCUT2D eigenvalue weighted by Crippen LogP contribution is 2.35. The molecule has 1 aromatic rings. The molecular weight excluding hydrogens is 264 g/mol. The molecule has 0 spiro atoms. The van der Waals surface area contributed by atoms with E-state index in [1.165, 1.54) is 19.3 Å². The van der Waals surface area contributed by atoms with Gasteiger partial charge in [-0.2, -0.15) is 0 Å². The van der Waals surface area contributed by atoms with Gasteiger partial charge in [0.15, 0.2) is 5.84 Å². The minimum absolute atomic E-state index is 0.0549. The Labute approximate surface area is 126 Å². The standard InChI is InChI=1S/C16H26N4O/c1-16(2,3)12-5-4-9-20(10-7-12)13-6-8-18-14(11-13)15(17)19-21/h6,8,11-12,21H,4-5,7,9-10H2,1-3H3,(H2,17,19). The van der Waals surface area contributed by atoms with Crippen molar-refractivity contribution in [2.75, 3.05) is 18.0 Å². The molecule has 5 nitrogen and oxygen atoms in total. The predicted molar refractivity (Wildman–Crippen MR) is 85.8 cm³/mol. The van der Waals surface area contributed by atoms with Crippen LogP contribution in [0.25, 0.3) is 0 Å². The Morgan fingerprint density at radius 1 is 1.38 bits per heavy atom. The lowest BCUT2D eigenvalue weighted by Crippen LogP contribution is -2.26. The van der Waals surface area contributed by atoms with E-state index in [1.807, 2.05) is 12.1 Å². The molecule has 1 aromatic heterocycles. The molecule has 2 heterocycles. The van der Waals surface area contributed by atoms with Crippen molar-refractivity contribution in [2.24, 2.45) is 22.2 Å². The smallest absolute Gasteiger partial charge is 0.188 e. The molecule has 1 saturated heterocycles. The van der Waals surface area contributed by atoms with Crippen LogP contribution in [0.1, 0.15) is 45.7 Å². The van der Waals surface area contributed by atoms with Gasteiger partial charge in [-0.15, -0.1) is 0 Å². The van der Waals surface area contributed by atoms with Crippen LogP contribution in [0.5, 0.6) is 0 Å². The largest absolute Gasteiger partial charge is 0.409 e. The van der Waals surface area contributed by atoms with Crippen molar-refractivity contribution in [1.29, 1.82) is 0 Å².